The molecule has 1 fully saturated rings. The van der Waals surface area contributed by atoms with Gasteiger partial charge in [-0.15, -0.1) is 0 Å². The van der Waals surface area contributed by atoms with Gasteiger partial charge < -0.3 is 10.1 Å². The van der Waals surface area contributed by atoms with Crippen LogP contribution in [0, 0.1) is 0 Å². The summed E-state index contributed by atoms with van der Waals surface area (Å²) in [6, 6.07) is 0.0337. The summed E-state index contributed by atoms with van der Waals surface area (Å²) in [5.41, 5.74) is 0. The smallest absolute Gasteiger partial charge is 0.287 e. The summed E-state index contributed by atoms with van der Waals surface area (Å²) in [5, 5.41) is 2.56. The molecule has 1 aliphatic heterocycles. The van der Waals surface area contributed by atoms with Crippen LogP contribution in [0.1, 0.15) is 13.3 Å². The lowest BCUT2D eigenvalue weighted by molar-refractivity contribution is -0.137. The topological polar surface area (TPSA) is 55.4 Å². The highest BCUT2D eigenvalue weighted by Crippen LogP contribution is 2.02. The number of carbonyl (C=O) groups excluding carboxylic acids is 2. The monoisotopic (exact) mass is 157 g/mol. The van der Waals surface area contributed by atoms with Crippen LogP contribution in [0.5, 0.6) is 0 Å². The van der Waals surface area contributed by atoms with Crippen LogP contribution < -0.4 is 5.32 Å². The van der Waals surface area contributed by atoms with Crippen molar-refractivity contribution in [1.29, 1.82) is 0 Å². The van der Waals surface area contributed by atoms with Gasteiger partial charge >= 0.3 is 0 Å². The number of Topliss-reactive ketones (excluding diaryl/α,β-unsaturated/α-hetero) is 1. The molecule has 4 nitrogen and oxygen atoms in total. The molecular weight excluding hydrogens is 146 g/mol. The Balaban J connectivity index is 2.29. The van der Waals surface area contributed by atoms with Crippen LogP contribution in [-0.4, -0.2) is 30.9 Å². The summed E-state index contributed by atoms with van der Waals surface area (Å²) in [6.45, 7) is 2.45. The number of hydrogen-bond donors (Lipinski definition) is 1. The van der Waals surface area contributed by atoms with E-state index in [1.165, 1.54) is 6.92 Å². The van der Waals surface area contributed by atoms with Crippen molar-refractivity contribution < 1.29 is 14.3 Å². The number of ketones is 1. The van der Waals surface area contributed by atoms with Crippen LogP contribution in [0.2, 0.25) is 0 Å². The van der Waals surface area contributed by atoms with Crippen molar-refractivity contribution in [3.8, 4) is 0 Å². The van der Waals surface area contributed by atoms with E-state index in [-0.39, 0.29) is 6.04 Å². The first-order valence-electron chi connectivity index (χ1n) is 3.59. The first kappa shape index (κ1) is 8.20. The maximum absolute atomic E-state index is 10.8. The second kappa shape index (κ2) is 3.48. The van der Waals surface area contributed by atoms with Gasteiger partial charge in [0, 0.05) is 13.5 Å². The Hall–Kier alpha value is -0.900. The second-order valence-corrected chi connectivity index (χ2v) is 2.59. The lowest BCUT2D eigenvalue weighted by Gasteiger charge is -2.07. The van der Waals surface area contributed by atoms with Crippen molar-refractivity contribution in [2.24, 2.45) is 0 Å². The molecule has 1 unspecified atom stereocenters. The standard InChI is InChI=1S/C7H11NO3/c1-5(9)7(10)8-6-2-3-11-4-6/h6H,2-4H2,1H3,(H,8,10). The fraction of sp³-hybridized carbons (Fsp3) is 0.714. The average Bonchev–Trinajstić information content (AvgIpc) is 2.39. The summed E-state index contributed by atoms with van der Waals surface area (Å²) in [6.07, 6.45) is 0.805. The van der Waals surface area contributed by atoms with Crippen molar-refractivity contribution >= 4 is 11.7 Å². The summed E-state index contributed by atoms with van der Waals surface area (Å²) < 4.78 is 5.01. The molecule has 11 heavy (non-hydrogen) atoms. The fourth-order valence-corrected chi connectivity index (χ4v) is 0.935. The highest BCUT2D eigenvalue weighted by molar-refractivity contribution is 6.35. The lowest BCUT2D eigenvalue weighted by Crippen LogP contribution is -2.38. The zero-order valence-corrected chi connectivity index (χ0v) is 6.42. The minimum atomic E-state index is -0.513. The minimum Gasteiger partial charge on any atom is -0.379 e. The SMILES string of the molecule is CC(=O)C(=O)NC1CCOC1. The van der Waals surface area contributed by atoms with E-state index in [1.54, 1.807) is 0 Å². The molecule has 62 valence electrons. The molecule has 0 aliphatic carbocycles. The Kier molecular flexibility index (Phi) is 2.59. The number of hydrogen-bond acceptors (Lipinski definition) is 3. The predicted molar refractivity (Wildman–Crippen MR) is 38.0 cm³/mol. The summed E-state index contributed by atoms with van der Waals surface area (Å²) in [7, 11) is 0. The van der Waals surface area contributed by atoms with Gasteiger partial charge in [0.05, 0.1) is 12.6 Å². The van der Waals surface area contributed by atoms with E-state index in [0.29, 0.717) is 13.2 Å². The highest BCUT2D eigenvalue weighted by Gasteiger charge is 2.19. The van der Waals surface area contributed by atoms with Gasteiger partial charge in [0.2, 0.25) is 5.78 Å². The average molecular weight is 157 g/mol. The maximum atomic E-state index is 10.8. The first-order chi connectivity index (χ1) is 5.20. The van der Waals surface area contributed by atoms with E-state index in [9.17, 15) is 9.59 Å². The molecule has 1 rings (SSSR count). The van der Waals surface area contributed by atoms with Gasteiger partial charge in [-0.05, 0) is 6.42 Å². The number of rotatable bonds is 2. The number of ether oxygens (including phenoxy) is 1. The van der Waals surface area contributed by atoms with Gasteiger partial charge in [0.1, 0.15) is 0 Å². The van der Waals surface area contributed by atoms with Crippen LogP contribution in [0.25, 0.3) is 0 Å². The highest BCUT2D eigenvalue weighted by atomic mass is 16.5. The maximum Gasteiger partial charge on any atom is 0.287 e. The normalized spacial score (nSPS) is 23.2. The van der Waals surface area contributed by atoms with Crippen molar-refractivity contribution in [2.45, 2.75) is 19.4 Å². The Morgan fingerprint density at radius 2 is 2.27 bits per heavy atom. The number of nitrogens with one attached hydrogen (secondary N) is 1. The molecule has 1 aliphatic rings. The van der Waals surface area contributed by atoms with E-state index in [4.69, 9.17) is 4.74 Å². The van der Waals surface area contributed by atoms with Crippen molar-refractivity contribution in [2.75, 3.05) is 13.2 Å². The molecule has 0 spiro atoms. The zero-order valence-electron chi connectivity index (χ0n) is 6.42. The molecule has 0 bridgehead atoms. The summed E-state index contributed by atoms with van der Waals surface area (Å²) in [4.78, 5) is 21.3. The van der Waals surface area contributed by atoms with E-state index in [2.05, 4.69) is 5.32 Å². The third kappa shape index (κ3) is 2.31. The Labute approximate surface area is 64.9 Å². The van der Waals surface area contributed by atoms with Gasteiger partial charge in [-0.2, -0.15) is 0 Å². The largest absolute Gasteiger partial charge is 0.379 e. The van der Waals surface area contributed by atoms with Crippen LogP contribution in [0.3, 0.4) is 0 Å². The predicted octanol–water partition coefficient (Wildman–Crippen LogP) is -0.520. The van der Waals surface area contributed by atoms with E-state index in [0.717, 1.165) is 6.42 Å². The van der Waals surface area contributed by atoms with E-state index >= 15 is 0 Å². The van der Waals surface area contributed by atoms with E-state index < -0.39 is 11.7 Å². The molecule has 0 aromatic rings. The molecular formula is C7H11NO3. The third-order valence-electron chi connectivity index (χ3n) is 1.58. The van der Waals surface area contributed by atoms with Gasteiger partial charge in [0.25, 0.3) is 5.91 Å². The molecule has 1 heterocycles. The Bertz CT molecular complexity index is 173. The second-order valence-electron chi connectivity index (χ2n) is 2.59. The molecule has 1 atom stereocenters. The number of amides is 1. The first-order valence-corrected chi connectivity index (χ1v) is 3.59. The van der Waals surface area contributed by atoms with Crippen molar-refractivity contribution in [1.82, 2.24) is 5.32 Å². The van der Waals surface area contributed by atoms with Crippen LogP contribution in [0.15, 0.2) is 0 Å². The van der Waals surface area contributed by atoms with Gasteiger partial charge in [-0.25, -0.2) is 0 Å². The van der Waals surface area contributed by atoms with Gasteiger partial charge in [0.15, 0.2) is 0 Å². The van der Waals surface area contributed by atoms with Crippen molar-refractivity contribution in [3.05, 3.63) is 0 Å². The lowest BCUT2D eigenvalue weighted by atomic mass is 10.2. The van der Waals surface area contributed by atoms with Crippen LogP contribution in [-0.2, 0) is 14.3 Å². The molecule has 4 heteroatoms. The number of carbonyl (C=O) groups is 2. The molecule has 1 amide bonds. The molecule has 1 saturated heterocycles. The molecule has 0 aromatic heterocycles. The molecule has 0 radical (unpaired) electrons. The van der Waals surface area contributed by atoms with Crippen molar-refractivity contribution in [3.63, 3.8) is 0 Å². The molecule has 1 N–H and O–H groups in total. The van der Waals surface area contributed by atoms with E-state index in [1.807, 2.05) is 0 Å². The van der Waals surface area contributed by atoms with Crippen LogP contribution >= 0.6 is 0 Å². The Morgan fingerprint density at radius 3 is 2.73 bits per heavy atom. The van der Waals surface area contributed by atoms with Gasteiger partial charge in [-0.1, -0.05) is 0 Å². The quantitative estimate of drug-likeness (QED) is 0.549. The summed E-state index contributed by atoms with van der Waals surface area (Å²) in [5.74, 6) is -0.961. The van der Waals surface area contributed by atoms with Gasteiger partial charge in [-0.3, -0.25) is 9.59 Å². The minimum absolute atomic E-state index is 0.0337. The Morgan fingerprint density at radius 1 is 1.55 bits per heavy atom. The fourth-order valence-electron chi connectivity index (χ4n) is 0.935. The van der Waals surface area contributed by atoms with Crippen LogP contribution in [0.4, 0.5) is 0 Å². The molecule has 0 saturated carbocycles. The summed E-state index contributed by atoms with van der Waals surface area (Å²) >= 11 is 0. The third-order valence-corrected chi connectivity index (χ3v) is 1.58. The zero-order chi connectivity index (χ0) is 8.27. The molecule has 0 aromatic carbocycles.